The van der Waals surface area contributed by atoms with E-state index < -0.39 is 0 Å². The van der Waals surface area contributed by atoms with Gasteiger partial charge in [0, 0.05) is 29.6 Å². The molecular formula is C20H22N2OS. The molecule has 0 saturated carbocycles. The number of para-hydroxylation sites is 1. The number of amides is 1. The molecule has 0 aromatic heterocycles. The minimum absolute atomic E-state index is 0.0686. The van der Waals surface area contributed by atoms with Crippen LogP contribution in [0.1, 0.15) is 36.9 Å². The fraction of sp³-hybridized carbons (Fsp3) is 0.350. The van der Waals surface area contributed by atoms with Gasteiger partial charge in [0.05, 0.1) is 11.3 Å². The lowest BCUT2D eigenvalue weighted by Gasteiger charge is -2.36. The van der Waals surface area contributed by atoms with Crippen molar-refractivity contribution in [3.05, 3.63) is 59.7 Å². The fourth-order valence-electron chi connectivity index (χ4n) is 3.94. The molecule has 4 rings (SSSR count). The Bertz CT molecular complexity index is 772. The summed E-state index contributed by atoms with van der Waals surface area (Å²) in [5.41, 5.74) is 3.75. The zero-order chi connectivity index (χ0) is 16.7. The number of hydrogen-bond acceptors (Lipinski definition) is 3. The Kier molecular flexibility index (Phi) is 4.01. The monoisotopic (exact) mass is 338 g/mol. The molecule has 3 unspecified atom stereocenters. The summed E-state index contributed by atoms with van der Waals surface area (Å²) >= 11 is 1.73. The highest BCUT2D eigenvalue weighted by Gasteiger charge is 2.46. The van der Waals surface area contributed by atoms with Crippen LogP contribution in [0.4, 0.5) is 5.69 Å². The van der Waals surface area contributed by atoms with Crippen LogP contribution in [0.25, 0.3) is 0 Å². The lowest BCUT2D eigenvalue weighted by atomic mass is 9.86. The highest BCUT2D eigenvalue weighted by molar-refractivity contribution is 8.00. The van der Waals surface area contributed by atoms with Crippen LogP contribution in [0.5, 0.6) is 0 Å². The number of nitrogens with zero attached hydrogens (tertiary/aromatic N) is 1. The van der Waals surface area contributed by atoms with Crippen molar-refractivity contribution in [2.45, 2.75) is 36.0 Å². The Hall–Kier alpha value is -1.94. The Labute approximate surface area is 147 Å². The molecule has 0 radical (unpaired) electrons. The van der Waals surface area contributed by atoms with Gasteiger partial charge in [0.25, 0.3) is 0 Å². The normalized spacial score (nSPS) is 23.7. The molecule has 1 N–H and O–H groups in total. The van der Waals surface area contributed by atoms with Gasteiger partial charge in [0.15, 0.2) is 0 Å². The molecule has 2 aliphatic rings. The van der Waals surface area contributed by atoms with Gasteiger partial charge in [0.1, 0.15) is 0 Å². The van der Waals surface area contributed by atoms with Crippen molar-refractivity contribution in [1.82, 2.24) is 4.90 Å². The number of thioether (sulfide) groups is 1. The number of carbonyl (C=O) groups excluding carboxylic acids is 1. The van der Waals surface area contributed by atoms with Gasteiger partial charge >= 0.3 is 0 Å². The second-order valence-electron chi connectivity index (χ2n) is 6.32. The van der Waals surface area contributed by atoms with Gasteiger partial charge in [-0.25, -0.2) is 0 Å². The number of anilines is 1. The summed E-state index contributed by atoms with van der Waals surface area (Å²) in [6.45, 7) is 5.64. The lowest BCUT2D eigenvalue weighted by molar-refractivity contribution is -0.130. The molecule has 0 spiro atoms. The topological polar surface area (TPSA) is 32.3 Å². The molecular weight excluding hydrogens is 316 g/mol. The third-order valence-corrected chi connectivity index (χ3v) is 6.52. The Morgan fingerprint density at radius 3 is 2.46 bits per heavy atom. The van der Waals surface area contributed by atoms with Crippen LogP contribution in [-0.4, -0.2) is 29.1 Å². The SMILES string of the molecule is CCN(CC)C(=O)C1Sc2ccccc2C2Nc3ccccc3C12. The van der Waals surface area contributed by atoms with Crippen molar-refractivity contribution in [1.29, 1.82) is 0 Å². The second-order valence-corrected chi connectivity index (χ2v) is 7.51. The first-order chi connectivity index (χ1) is 11.7. The van der Waals surface area contributed by atoms with Gasteiger partial charge in [-0.2, -0.15) is 0 Å². The molecule has 0 fully saturated rings. The highest BCUT2D eigenvalue weighted by atomic mass is 32.2. The van der Waals surface area contributed by atoms with E-state index in [-0.39, 0.29) is 23.1 Å². The maximum absolute atomic E-state index is 13.2. The van der Waals surface area contributed by atoms with Crippen LogP contribution in [0.2, 0.25) is 0 Å². The van der Waals surface area contributed by atoms with E-state index in [1.807, 2.05) is 4.90 Å². The summed E-state index contributed by atoms with van der Waals surface area (Å²) in [6.07, 6.45) is 0. The molecule has 2 aromatic rings. The largest absolute Gasteiger partial charge is 0.377 e. The molecule has 4 heteroatoms. The van der Waals surface area contributed by atoms with Crippen molar-refractivity contribution in [3.8, 4) is 0 Å². The van der Waals surface area contributed by atoms with Crippen LogP contribution in [0, 0.1) is 0 Å². The second kappa shape index (κ2) is 6.17. The standard InChI is InChI=1S/C20H22N2OS/c1-3-22(4-2)20(23)19-17-13-9-5-7-11-15(13)21-18(17)14-10-6-8-12-16(14)24-19/h5-12,17-19,21H,3-4H2,1-2H3. The Morgan fingerprint density at radius 2 is 1.71 bits per heavy atom. The number of fused-ring (bicyclic) bond motifs is 5. The molecule has 124 valence electrons. The van der Waals surface area contributed by atoms with Gasteiger partial charge in [-0.1, -0.05) is 36.4 Å². The number of rotatable bonds is 3. The van der Waals surface area contributed by atoms with Crippen molar-refractivity contribution in [2.75, 3.05) is 18.4 Å². The van der Waals surface area contributed by atoms with Crippen molar-refractivity contribution >= 4 is 23.4 Å². The molecule has 1 amide bonds. The van der Waals surface area contributed by atoms with E-state index in [9.17, 15) is 4.79 Å². The third kappa shape index (κ3) is 2.32. The minimum atomic E-state index is -0.0686. The summed E-state index contributed by atoms with van der Waals surface area (Å²) in [6, 6.07) is 17.1. The number of carbonyl (C=O) groups is 1. The summed E-state index contributed by atoms with van der Waals surface area (Å²) in [5, 5.41) is 3.60. The summed E-state index contributed by atoms with van der Waals surface area (Å²) in [7, 11) is 0. The number of nitrogens with one attached hydrogen (secondary N) is 1. The van der Waals surface area contributed by atoms with Gasteiger partial charge in [0.2, 0.25) is 5.91 Å². The maximum Gasteiger partial charge on any atom is 0.236 e. The Morgan fingerprint density at radius 1 is 1.04 bits per heavy atom. The first-order valence-corrected chi connectivity index (χ1v) is 9.52. The van der Waals surface area contributed by atoms with Crippen molar-refractivity contribution < 1.29 is 4.79 Å². The van der Waals surface area contributed by atoms with Crippen molar-refractivity contribution in [2.24, 2.45) is 0 Å². The van der Waals surface area contributed by atoms with E-state index in [1.165, 1.54) is 21.7 Å². The van der Waals surface area contributed by atoms with E-state index in [0.717, 1.165) is 13.1 Å². The Balaban J connectivity index is 1.81. The third-order valence-electron chi connectivity index (χ3n) is 5.14. The molecule has 2 aromatic carbocycles. The molecule has 2 heterocycles. The first-order valence-electron chi connectivity index (χ1n) is 8.64. The average Bonchev–Trinajstić information content (AvgIpc) is 3.02. The van der Waals surface area contributed by atoms with Gasteiger partial charge in [-0.05, 0) is 37.1 Å². The van der Waals surface area contributed by atoms with Crippen LogP contribution in [0.3, 0.4) is 0 Å². The minimum Gasteiger partial charge on any atom is -0.377 e. The van der Waals surface area contributed by atoms with E-state index in [2.05, 4.69) is 67.7 Å². The first kappa shape index (κ1) is 15.6. The molecule has 0 aliphatic carbocycles. The zero-order valence-electron chi connectivity index (χ0n) is 14.0. The zero-order valence-corrected chi connectivity index (χ0v) is 14.8. The van der Waals surface area contributed by atoms with Crippen LogP contribution in [0.15, 0.2) is 53.4 Å². The highest BCUT2D eigenvalue weighted by Crippen LogP contribution is 2.55. The van der Waals surface area contributed by atoms with E-state index in [4.69, 9.17) is 0 Å². The molecule has 24 heavy (non-hydrogen) atoms. The predicted molar refractivity (Wildman–Crippen MR) is 99.6 cm³/mol. The van der Waals surface area contributed by atoms with Crippen LogP contribution >= 0.6 is 11.8 Å². The molecule has 3 atom stereocenters. The van der Waals surface area contributed by atoms with Crippen LogP contribution in [-0.2, 0) is 4.79 Å². The number of benzene rings is 2. The molecule has 0 bridgehead atoms. The number of hydrogen-bond donors (Lipinski definition) is 1. The summed E-state index contributed by atoms with van der Waals surface area (Å²) in [4.78, 5) is 16.4. The van der Waals surface area contributed by atoms with E-state index in [0.29, 0.717) is 0 Å². The fourth-order valence-corrected chi connectivity index (χ4v) is 5.40. The van der Waals surface area contributed by atoms with Crippen LogP contribution < -0.4 is 5.32 Å². The maximum atomic E-state index is 13.2. The quantitative estimate of drug-likeness (QED) is 0.906. The van der Waals surface area contributed by atoms with E-state index in [1.54, 1.807) is 11.8 Å². The lowest BCUT2D eigenvalue weighted by Crippen LogP contribution is -2.42. The van der Waals surface area contributed by atoms with Crippen molar-refractivity contribution in [3.63, 3.8) is 0 Å². The van der Waals surface area contributed by atoms with E-state index >= 15 is 0 Å². The summed E-state index contributed by atoms with van der Waals surface area (Å²) < 4.78 is 0. The van der Waals surface area contributed by atoms with Gasteiger partial charge in [-0.3, -0.25) is 4.79 Å². The average molecular weight is 338 g/mol. The predicted octanol–water partition coefficient (Wildman–Crippen LogP) is 4.28. The molecule has 3 nitrogen and oxygen atoms in total. The van der Waals surface area contributed by atoms with Gasteiger partial charge in [-0.15, -0.1) is 11.8 Å². The smallest absolute Gasteiger partial charge is 0.236 e. The van der Waals surface area contributed by atoms with Gasteiger partial charge < -0.3 is 10.2 Å². The molecule has 2 aliphatic heterocycles. The summed E-state index contributed by atoms with van der Waals surface area (Å²) in [5.74, 6) is 0.446. The molecule has 0 saturated heterocycles.